The Kier molecular flexibility index (Phi) is 9.35. The van der Waals surface area contributed by atoms with E-state index in [9.17, 15) is 19.2 Å². The first-order valence-electron chi connectivity index (χ1n) is 10.8. The zero-order valence-electron chi connectivity index (χ0n) is 18.5. The highest BCUT2D eigenvalue weighted by atomic mass is 16.5. The van der Waals surface area contributed by atoms with Crippen LogP contribution in [0.3, 0.4) is 0 Å². The smallest absolute Gasteiger partial charge is 0.255 e. The van der Waals surface area contributed by atoms with Gasteiger partial charge in [0.05, 0.1) is 33.0 Å². The highest BCUT2D eigenvalue weighted by Crippen LogP contribution is 2.32. The van der Waals surface area contributed by atoms with Crippen molar-refractivity contribution in [3.8, 4) is 0 Å². The molecule has 1 saturated heterocycles. The minimum atomic E-state index is -0.721. The number of carbonyl (C=O) groups is 4. The molecule has 2 aliphatic rings. The third kappa shape index (κ3) is 6.75. The molecular formula is C21H26N6O7. The number of piperidine rings is 1. The summed E-state index contributed by atoms with van der Waals surface area (Å²) in [6, 6.07) is 4.27. The lowest BCUT2D eigenvalue weighted by Crippen LogP contribution is -2.52. The van der Waals surface area contributed by atoms with Crippen LogP contribution in [-0.4, -0.2) is 80.8 Å². The number of fused-ring (bicyclic) bond motifs is 1. The van der Waals surface area contributed by atoms with Crippen molar-refractivity contribution in [2.75, 3.05) is 51.5 Å². The van der Waals surface area contributed by atoms with Gasteiger partial charge in [-0.05, 0) is 24.1 Å². The van der Waals surface area contributed by atoms with Gasteiger partial charge in [-0.3, -0.25) is 24.5 Å². The van der Waals surface area contributed by atoms with Crippen LogP contribution < -0.4 is 10.6 Å². The van der Waals surface area contributed by atoms with Gasteiger partial charge in [-0.1, -0.05) is 11.2 Å². The molecule has 0 spiro atoms. The van der Waals surface area contributed by atoms with Crippen LogP contribution in [-0.2, 0) is 35.1 Å². The quantitative estimate of drug-likeness (QED) is 0.139. The Morgan fingerprint density at radius 3 is 2.62 bits per heavy atom. The van der Waals surface area contributed by atoms with Crippen molar-refractivity contribution in [3.63, 3.8) is 0 Å². The van der Waals surface area contributed by atoms with E-state index in [1.54, 1.807) is 18.2 Å². The molecule has 0 saturated carbocycles. The normalized spacial score (nSPS) is 17.2. The molecule has 1 atom stereocenters. The number of hydrogen-bond acceptors (Lipinski definition) is 8. The van der Waals surface area contributed by atoms with Crippen LogP contribution in [0.4, 0.5) is 5.69 Å². The Hall–Kier alpha value is -3.51. The van der Waals surface area contributed by atoms with Gasteiger partial charge >= 0.3 is 0 Å². The lowest BCUT2D eigenvalue weighted by atomic mass is 10.0. The number of imide groups is 1. The molecule has 0 aromatic heterocycles. The minimum absolute atomic E-state index is 0.163. The average molecular weight is 474 g/mol. The molecule has 34 heavy (non-hydrogen) atoms. The second kappa shape index (κ2) is 12.7. The Labute approximate surface area is 195 Å². The first kappa shape index (κ1) is 25.1. The van der Waals surface area contributed by atoms with Crippen molar-refractivity contribution in [3.05, 3.63) is 39.8 Å². The summed E-state index contributed by atoms with van der Waals surface area (Å²) in [6.45, 7) is 1.75. The van der Waals surface area contributed by atoms with Gasteiger partial charge in [-0.25, -0.2) is 0 Å². The topological polar surface area (TPSA) is 172 Å². The number of amides is 4. The van der Waals surface area contributed by atoms with Gasteiger partial charge in [0.2, 0.25) is 17.7 Å². The monoisotopic (exact) mass is 474 g/mol. The van der Waals surface area contributed by atoms with Gasteiger partial charge in [0.25, 0.3) is 5.91 Å². The van der Waals surface area contributed by atoms with Crippen LogP contribution in [0.1, 0.15) is 28.8 Å². The summed E-state index contributed by atoms with van der Waals surface area (Å²) in [5.41, 5.74) is 9.65. The van der Waals surface area contributed by atoms with Gasteiger partial charge in [-0.15, -0.1) is 0 Å². The number of benzene rings is 1. The van der Waals surface area contributed by atoms with E-state index in [0.717, 1.165) is 0 Å². The van der Waals surface area contributed by atoms with E-state index in [1.165, 1.54) is 4.90 Å². The average Bonchev–Trinajstić information content (AvgIpc) is 3.15. The van der Waals surface area contributed by atoms with Gasteiger partial charge in [0.15, 0.2) is 0 Å². The molecule has 1 unspecified atom stereocenters. The summed E-state index contributed by atoms with van der Waals surface area (Å²) < 4.78 is 15.8. The first-order chi connectivity index (χ1) is 16.5. The fourth-order valence-corrected chi connectivity index (χ4v) is 3.64. The molecular weight excluding hydrogens is 448 g/mol. The maximum Gasteiger partial charge on any atom is 0.255 e. The van der Waals surface area contributed by atoms with Gasteiger partial charge in [0, 0.05) is 41.2 Å². The molecule has 4 amide bonds. The fraction of sp³-hybridized carbons (Fsp3) is 0.524. The van der Waals surface area contributed by atoms with E-state index in [4.69, 9.17) is 19.7 Å². The first-order valence-corrected chi connectivity index (χ1v) is 10.8. The van der Waals surface area contributed by atoms with Crippen molar-refractivity contribution in [1.29, 1.82) is 0 Å². The molecule has 182 valence electrons. The Morgan fingerprint density at radius 2 is 1.88 bits per heavy atom. The van der Waals surface area contributed by atoms with Crippen LogP contribution >= 0.6 is 0 Å². The van der Waals surface area contributed by atoms with E-state index in [2.05, 4.69) is 20.7 Å². The van der Waals surface area contributed by atoms with Crippen molar-refractivity contribution < 1.29 is 33.4 Å². The van der Waals surface area contributed by atoms with E-state index >= 15 is 0 Å². The number of azide groups is 1. The molecule has 2 heterocycles. The molecule has 2 aliphatic heterocycles. The summed E-state index contributed by atoms with van der Waals surface area (Å²) >= 11 is 0. The maximum absolute atomic E-state index is 12.8. The van der Waals surface area contributed by atoms with Crippen molar-refractivity contribution in [2.45, 2.75) is 25.4 Å². The number of ether oxygens (including phenoxy) is 3. The van der Waals surface area contributed by atoms with E-state index in [1.807, 2.05) is 0 Å². The van der Waals surface area contributed by atoms with E-state index in [-0.39, 0.29) is 63.5 Å². The largest absolute Gasteiger partial charge is 0.379 e. The van der Waals surface area contributed by atoms with Gasteiger partial charge in [0.1, 0.15) is 12.6 Å². The zero-order valence-corrected chi connectivity index (χ0v) is 18.5. The van der Waals surface area contributed by atoms with E-state index in [0.29, 0.717) is 36.6 Å². The Morgan fingerprint density at radius 1 is 1.15 bits per heavy atom. The zero-order chi connectivity index (χ0) is 24.3. The predicted octanol–water partition coefficient (Wildman–Crippen LogP) is 0.746. The molecule has 1 fully saturated rings. The summed E-state index contributed by atoms with van der Waals surface area (Å²) in [7, 11) is 0. The highest BCUT2D eigenvalue weighted by molar-refractivity contribution is 6.06. The molecule has 2 N–H and O–H groups in total. The molecule has 1 aromatic carbocycles. The van der Waals surface area contributed by atoms with Crippen molar-refractivity contribution >= 4 is 29.3 Å². The molecule has 3 rings (SSSR count). The number of nitrogens with one attached hydrogen (secondary N) is 2. The van der Waals surface area contributed by atoms with Crippen LogP contribution in [0, 0.1) is 0 Å². The fourth-order valence-electron chi connectivity index (χ4n) is 3.64. The van der Waals surface area contributed by atoms with Crippen LogP contribution in [0.5, 0.6) is 0 Å². The summed E-state index contributed by atoms with van der Waals surface area (Å²) in [4.78, 5) is 52.8. The Balaban J connectivity index is 1.40. The van der Waals surface area contributed by atoms with Crippen LogP contribution in [0.25, 0.3) is 10.4 Å². The molecule has 0 radical (unpaired) electrons. The highest BCUT2D eigenvalue weighted by Gasteiger charge is 2.39. The Bertz CT molecular complexity index is 978. The summed E-state index contributed by atoms with van der Waals surface area (Å²) in [6.07, 6.45) is 0.440. The number of hydrogen-bond donors (Lipinski definition) is 2. The summed E-state index contributed by atoms with van der Waals surface area (Å²) in [5.74, 6) is -1.53. The predicted molar refractivity (Wildman–Crippen MR) is 118 cm³/mol. The second-order valence-corrected chi connectivity index (χ2v) is 7.51. The molecule has 1 aromatic rings. The minimum Gasteiger partial charge on any atom is -0.379 e. The third-order valence-corrected chi connectivity index (χ3v) is 5.23. The SMILES string of the molecule is [N-]=[N+]=NCCOCCOCCOCC(=O)Nc1cccc2c1CN(C1CCC(=O)NC1=O)C2=O. The van der Waals surface area contributed by atoms with Gasteiger partial charge < -0.3 is 24.4 Å². The van der Waals surface area contributed by atoms with Crippen LogP contribution in [0.2, 0.25) is 0 Å². The molecule has 0 bridgehead atoms. The van der Waals surface area contributed by atoms with Crippen LogP contribution in [0.15, 0.2) is 23.3 Å². The molecule has 13 heteroatoms. The molecule has 13 nitrogen and oxygen atoms in total. The van der Waals surface area contributed by atoms with Gasteiger partial charge in [-0.2, -0.15) is 0 Å². The van der Waals surface area contributed by atoms with E-state index < -0.39 is 11.9 Å². The lowest BCUT2D eigenvalue weighted by Gasteiger charge is -2.29. The van der Waals surface area contributed by atoms with Crippen molar-refractivity contribution in [1.82, 2.24) is 10.2 Å². The number of rotatable bonds is 13. The van der Waals surface area contributed by atoms with Crippen molar-refractivity contribution in [2.24, 2.45) is 5.11 Å². The molecule has 0 aliphatic carbocycles. The second-order valence-electron chi connectivity index (χ2n) is 7.51. The number of carbonyl (C=O) groups excluding carboxylic acids is 4. The lowest BCUT2D eigenvalue weighted by molar-refractivity contribution is -0.137. The number of anilines is 1. The third-order valence-electron chi connectivity index (χ3n) is 5.23. The maximum atomic E-state index is 12.8. The standard InChI is InChI=1S/C21H26N6O7/c22-26-23-6-7-32-8-9-33-10-11-34-13-19(29)24-16-3-1-2-14-15(16)12-27(21(14)31)17-4-5-18(28)25-20(17)30/h1-3,17H,4-13H2,(H,24,29)(H,25,28,30). The summed E-state index contributed by atoms with van der Waals surface area (Å²) in [5, 5.41) is 8.35. The number of nitrogens with zero attached hydrogens (tertiary/aromatic N) is 4.